The zero-order chi connectivity index (χ0) is 74.5. The van der Waals surface area contributed by atoms with E-state index in [4.69, 9.17) is 71.1 Å². The van der Waals surface area contributed by atoms with Gasteiger partial charge in [0.1, 0.15) is 195 Å². The Labute approximate surface area is 572 Å². The minimum Gasteiger partial charge on any atom is -0.394 e. The molecule has 0 bridgehead atoms. The predicted molar refractivity (Wildman–Crippen MR) is 311 cm³/mol. The number of hydrogen-bond donors (Lipinski definition) is 26. The van der Waals surface area contributed by atoms with Crippen LogP contribution in [0.2, 0.25) is 0 Å². The second-order valence-corrected chi connectivity index (χ2v) is 25.4. The van der Waals surface area contributed by atoms with Gasteiger partial charge in [0.15, 0.2) is 50.3 Å². The van der Waals surface area contributed by atoms with Crippen LogP contribution in [0.4, 0.5) is 0 Å². The van der Waals surface area contributed by atoms with Crippen molar-refractivity contribution in [1.82, 2.24) is 21.3 Å². The summed E-state index contributed by atoms with van der Waals surface area (Å²) in [7, 11) is 0. The Balaban J connectivity index is 1.22. The summed E-state index contributed by atoms with van der Waals surface area (Å²) >= 11 is 0. The van der Waals surface area contributed by atoms with Gasteiger partial charge >= 0.3 is 0 Å². The highest BCUT2D eigenvalue weighted by Crippen LogP contribution is 2.40. The number of aliphatic hydroxyl groups excluding tert-OH is 22. The first-order valence-corrected chi connectivity index (χ1v) is 32.1. The van der Waals surface area contributed by atoms with E-state index in [0.29, 0.717) is 0 Å². The molecule has 0 unspecified atom stereocenters. The summed E-state index contributed by atoms with van der Waals surface area (Å²) in [5.74, 6) is -3.59. The molecule has 0 radical (unpaired) electrons. The van der Waals surface area contributed by atoms with E-state index in [-0.39, 0.29) is 0 Å². The molecule has 8 fully saturated rings. The molecular weight excluding hydrogens is 1380 g/mol. The number of carbonyl (C=O) groups excluding carboxylic acids is 4. The van der Waals surface area contributed by atoms with Crippen molar-refractivity contribution in [2.24, 2.45) is 0 Å². The van der Waals surface area contributed by atoms with Gasteiger partial charge in [-0.25, -0.2) is 0 Å². The van der Waals surface area contributed by atoms with Crippen LogP contribution in [-0.4, -0.2) is 434 Å². The summed E-state index contributed by atoms with van der Waals surface area (Å²) in [5.41, 5.74) is 0. The van der Waals surface area contributed by atoms with Gasteiger partial charge in [0, 0.05) is 27.7 Å². The van der Waals surface area contributed by atoms with Gasteiger partial charge in [-0.05, 0) is 0 Å². The number of amides is 4. The normalized spacial score (nSPS) is 48.3. The molecule has 26 N–H and O–H groups in total. The number of aliphatic hydroxyl groups is 22. The molecule has 101 heavy (non-hydrogen) atoms. The Morgan fingerprint density at radius 1 is 0.257 bits per heavy atom. The van der Waals surface area contributed by atoms with Crippen LogP contribution in [0.15, 0.2) is 0 Å². The van der Waals surface area contributed by atoms with Crippen molar-refractivity contribution < 1.29 is 203 Å². The lowest BCUT2D eigenvalue weighted by Gasteiger charge is -2.52. The van der Waals surface area contributed by atoms with Gasteiger partial charge < -0.3 is 205 Å². The molecule has 0 aromatic rings. The van der Waals surface area contributed by atoms with Crippen LogP contribution in [0.25, 0.3) is 0 Å². The fraction of sp³-hybridized carbons (Fsp3) is 0.929. The molecule has 8 aliphatic heterocycles. The molecule has 45 nitrogen and oxygen atoms in total. The molecule has 45 heteroatoms. The van der Waals surface area contributed by atoms with Gasteiger partial charge in [-0.3, -0.25) is 19.2 Å². The van der Waals surface area contributed by atoms with E-state index >= 15 is 0 Å². The summed E-state index contributed by atoms with van der Waals surface area (Å²) in [4.78, 5) is 50.9. The lowest BCUT2D eigenvalue weighted by molar-refractivity contribution is -0.407. The number of ether oxygens (including phenoxy) is 15. The third kappa shape index (κ3) is 18.5. The summed E-state index contributed by atoms with van der Waals surface area (Å²) in [6, 6.07) is -7.42. The topological polar surface area (TPSA) is 700 Å². The number of hydrogen-bond acceptors (Lipinski definition) is 41. The Kier molecular flexibility index (Phi) is 29.9. The van der Waals surface area contributed by atoms with Crippen LogP contribution in [0, 0.1) is 0 Å². The smallest absolute Gasteiger partial charge is 0.217 e. The van der Waals surface area contributed by atoms with Crippen molar-refractivity contribution >= 4 is 23.6 Å². The molecule has 8 heterocycles. The standard InChI is InChI=1S/C56H94N4O41/c1-13(68)57-25-34(77)43(21(9-65)88-49(25)86)96-51-27(59-15(3)70)35(78)45(23(11-67)93-51)98-55-42(85)47(46(99-50-26(58-14(2)69)33(76)29(72)17(5-61)89-50)24(95-55)12-87-53-40(83)37(80)30(73)18(6-62)90-53)100-56-48(39(82)32(75)20(8-64)92-56)101-52-28(60-16(4)71)36(79)44(22(10-66)94-52)97-54-41(84)38(81)31(74)19(7-63)91-54/h17-56,61-67,72-86H,5-12H2,1-4H3,(H,57,68)(H,58,69)(H,59,70)(H,60,71)/t17-,18-,19-,20-,21-,22-,23-,24-,25-,26-,27-,28-,29-,30-,31+,32-,33-,34-,35-,36-,37+,38+,39+,40+,41-,42+,43-,44-,45-,46-,47-,48+,49-,50+,51+,52+,53+,54+,55+,56-/m1/s1. The van der Waals surface area contributed by atoms with E-state index in [9.17, 15) is 132 Å². The number of carbonyl (C=O) groups is 4. The average molecular weight is 1480 g/mol. The lowest BCUT2D eigenvalue weighted by atomic mass is 9.93. The van der Waals surface area contributed by atoms with E-state index in [0.717, 1.165) is 27.7 Å². The third-order valence-electron chi connectivity index (χ3n) is 18.2. The molecule has 0 aromatic heterocycles. The van der Waals surface area contributed by atoms with Crippen LogP contribution < -0.4 is 21.3 Å². The Hall–Kier alpha value is -3.60. The van der Waals surface area contributed by atoms with Crippen molar-refractivity contribution in [3.05, 3.63) is 0 Å². The van der Waals surface area contributed by atoms with Gasteiger partial charge in [0.25, 0.3) is 0 Å². The minimum atomic E-state index is -2.62. The van der Waals surface area contributed by atoms with E-state index in [1.807, 2.05) is 0 Å². The van der Waals surface area contributed by atoms with Crippen molar-refractivity contribution in [1.29, 1.82) is 0 Å². The number of nitrogens with one attached hydrogen (secondary N) is 4. The zero-order valence-electron chi connectivity index (χ0n) is 54.3. The van der Waals surface area contributed by atoms with Gasteiger partial charge in [-0.15, -0.1) is 0 Å². The van der Waals surface area contributed by atoms with Crippen LogP contribution >= 0.6 is 0 Å². The quantitative estimate of drug-likeness (QED) is 0.0382. The Morgan fingerprint density at radius 3 is 0.980 bits per heavy atom. The molecular formula is C56H94N4O41. The molecule has 0 saturated carbocycles. The van der Waals surface area contributed by atoms with Gasteiger partial charge in [0.05, 0.1) is 52.9 Å². The fourth-order valence-electron chi connectivity index (χ4n) is 13.0. The van der Waals surface area contributed by atoms with E-state index in [2.05, 4.69) is 21.3 Å². The van der Waals surface area contributed by atoms with Crippen LogP contribution in [0.1, 0.15) is 27.7 Å². The predicted octanol–water partition coefficient (Wildman–Crippen LogP) is -17.9. The Morgan fingerprint density at radius 2 is 0.545 bits per heavy atom. The van der Waals surface area contributed by atoms with Crippen molar-refractivity contribution in [2.75, 3.05) is 52.9 Å². The monoisotopic (exact) mass is 1480 g/mol. The highest BCUT2D eigenvalue weighted by atomic mass is 16.8. The van der Waals surface area contributed by atoms with Gasteiger partial charge in [-0.2, -0.15) is 0 Å². The van der Waals surface area contributed by atoms with E-state index in [1.165, 1.54) is 0 Å². The first kappa shape index (κ1) is 83.0. The van der Waals surface area contributed by atoms with Crippen LogP contribution in [0.5, 0.6) is 0 Å². The molecule has 4 amide bonds. The summed E-state index contributed by atoms with van der Waals surface area (Å²) in [5, 5.41) is 252. The Bertz CT molecular complexity index is 2640. The maximum Gasteiger partial charge on any atom is 0.217 e. The molecule has 8 aliphatic rings. The molecule has 8 rings (SSSR count). The highest BCUT2D eigenvalue weighted by molar-refractivity contribution is 5.74. The third-order valence-corrected chi connectivity index (χ3v) is 18.2. The van der Waals surface area contributed by atoms with E-state index in [1.54, 1.807) is 0 Å². The molecule has 0 aliphatic carbocycles. The van der Waals surface area contributed by atoms with Crippen molar-refractivity contribution in [2.45, 2.75) is 273 Å². The van der Waals surface area contributed by atoms with Crippen LogP contribution in [-0.2, 0) is 90.2 Å². The molecule has 0 spiro atoms. The average Bonchev–Trinajstić information content (AvgIpc) is 0.762. The zero-order valence-corrected chi connectivity index (χ0v) is 54.3. The largest absolute Gasteiger partial charge is 0.394 e. The van der Waals surface area contributed by atoms with Crippen molar-refractivity contribution in [3.63, 3.8) is 0 Å². The van der Waals surface area contributed by atoms with Gasteiger partial charge in [0.2, 0.25) is 23.6 Å². The summed E-state index contributed by atoms with van der Waals surface area (Å²) in [6.45, 7) is -4.84. The first-order valence-electron chi connectivity index (χ1n) is 32.1. The molecule has 8 saturated heterocycles. The van der Waals surface area contributed by atoms with Gasteiger partial charge in [-0.1, -0.05) is 0 Å². The minimum absolute atomic E-state index is 0.778. The maximum atomic E-state index is 13.0. The summed E-state index contributed by atoms with van der Waals surface area (Å²) in [6.07, 6.45) is -75.0. The van der Waals surface area contributed by atoms with Crippen molar-refractivity contribution in [3.8, 4) is 0 Å². The molecule has 584 valence electrons. The summed E-state index contributed by atoms with van der Waals surface area (Å²) < 4.78 is 90.0. The second kappa shape index (κ2) is 36.3. The van der Waals surface area contributed by atoms with E-state index < -0.39 is 322 Å². The molecule has 0 aromatic carbocycles. The lowest BCUT2D eigenvalue weighted by Crippen LogP contribution is -2.71. The highest BCUT2D eigenvalue weighted by Gasteiger charge is 2.61. The SMILES string of the molecule is CC(=O)N[C@@H]1[C@@H](O)[C@H](O[C@@H]2O[C@H](CO)[C@@H](O[C@@H]3O[C@H](CO[C@H]4O[C@H](CO)[C@@H](O)[C@H](O)[C@@H]4O)[C@@H](O[C@@H]4O[C@H](CO)[C@@H](O)[C@H](O)[C@H]4NC(C)=O)[C@H](O[C@H]4O[C@H](CO)[C@@H](O)[C@H](O)[C@@H]4O[C@@H]4O[C@H](CO)[C@@H](O[C@@H]5O[C@H](CO)[C@H](O)[C@H](O)[C@H]5O)[C@H](O)[C@H]4NC(C)=O)[C@@H]3O)[C@H](O)[C@H]2NC(C)=O)[C@@H](CO)O[C@H]1O. The molecule has 40 atom stereocenters. The fourth-order valence-corrected chi connectivity index (χ4v) is 13.0. The maximum absolute atomic E-state index is 13.0. The second-order valence-electron chi connectivity index (χ2n) is 25.4. The number of rotatable bonds is 26. The van der Waals surface area contributed by atoms with Crippen LogP contribution in [0.3, 0.4) is 0 Å². The first-order chi connectivity index (χ1) is 47.8.